The molecule has 0 spiro atoms. The fraction of sp³-hybridized carbons (Fsp3) is 0. The van der Waals surface area contributed by atoms with Gasteiger partial charge in [-0.15, -0.1) is 0 Å². The molecular weight excluding hydrogens is 350 g/mol. The van der Waals surface area contributed by atoms with Gasteiger partial charge in [0.25, 0.3) is 5.91 Å². The molecule has 0 unspecified atom stereocenters. The van der Waals surface area contributed by atoms with Gasteiger partial charge in [0.2, 0.25) is 0 Å². The highest BCUT2D eigenvalue weighted by Gasteiger charge is 2.20. The molecule has 4 rings (SSSR count). The van der Waals surface area contributed by atoms with E-state index >= 15 is 0 Å². The zero-order valence-electron chi connectivity index (χ0n) is 13.6. The van der Waals surface area contributed by atoms with Crippen molar-refractivity contribution in [2.45, 2.75) is 0 Å². The number of carbonyl (C=O) groups excluding carboxylic acids is 1. The van der Waals surface area contributed by atoms with Crippen molar-refractivity contribution >= 4 is 34.6 Å². The zero-order chi connectivity index (χ0) is 17.9. The first-order chi connectivity index (χ1) is 12.7. The van der Waals surface area contributed by atoms with Crippen molar-refractivity contribution in [3.63, 3.8) is 0 Å². The maximum atomic E-state index is 12.7. The minimum Gasteiger partial charge on any atom is -0.463 e. The van der Waals surface area contributed by atoms with Crippen LogP contribution < -0.4 is 5.43 Å². The van der Waals surface area contributed by atoms with E-state index in [9.17, 15) is 4.79 Å². The SMILES string of the molecule is O=C(N/N=C\c1ccco1)c1[nH]c2c(Cl)cccc2c1-c1ccccc1. The number of furan rings is 1. The van der Waals surface area contributed by atoms with Crippen LogP contribution in [0, 0.1) is 0 Å². The zero-order valence-corrected chi connectivity index (χ0v) is 14.3. The molecule has 2 heterocycles. The second-order valence-corrected chi connectivity index (χ2v) is 6.03. The van der Waals surface area contributed by atoms with Gasteiger partial charge in [0.05, 0.1) is 23.0 Å². The Morgan fingerprint density at radius 2 is 1.92 bits per heavy atom. The van der Waals surface area contributed by atoms with Gasteiger partial charge in [-0.05, 0) is 23.8 Å². The third-order valence-electron chi connectivity index (χ3n) is 3.97. The van der Waals surface area contributed by atoms with Gasteiger partial charge in [-0.2, -0.15) is 5.10 Å². The van der Waals surface area contributed by atoms with E-state index in [-0.39, 0.29) is 5.91 Å². The highest BCUT2D eigenvalue weighted by atomic mass is 35.5. The second-order valence-electron chi connectivity index (χ2n) is 5.62. The number of H-pyrrole nitrogens is 1. The molecule has 0 aliphatic heterocycles. The fourth-order valence-corrected chi connectivity index (χ4v) is 3.05. The number of halogens is 1. The molecule has 0 fully saturated rings. The minimum atomic E-state index is -0.362. The quantitative estimate of drug-likeness (QED) is 0.402. The van der Waals surface area contributed by atoms with Crippen LogP contribution in [0.1, 0.15) is 16.2 Å². The van der Waals surface area contributed by atoms with Gasteiger partial charge in [0, 0.05) is 10.9 Å². The van der Waals surface area contributed by atoms with Crippen LogP contribution in [-0.2, 0) is 0 Å². The first kappa shape index (κ1) is 16.2. The first-order valence-corrected chi connectivity index (χ1v) is 8.34. The van der Waals surface area contributed by atoms with E-state index in [0.29, 0.717) is 22.0 Å². The summed E-state index contributed by atoms with van der Waals surface area (Å²) in [5.41, 5.74) is 5.34. The smallest absolute Gasteiger partial charge is 0.288 e. The largest absolute Gasteiger partial charge is 0.463 e. The molecule has 0 atom stereocenters. The van der Waals surface area contributed by atoms with Gasteiger partial charge in [0.15, 0.2) is 0 Å². The van der Waals surface area contributed by atoms with Crippen molar-refractivity contribution in [3.8, 4) is 11.1 Å². The molecule has 0 saturated carbocycles. The summed E-state index contributed by atoms with van der Waals surface area (Å²) in [6.45, 7) is 0. The molecular formula is C20H14ClN3O2. The normalized spacial score (nSPS) is 11.3. The topological polar surface area (TPSA) is 70.4 Å². The molecule has 2 N–H and O–H groups in total. The third kappa shape index (κ3) is 3.00. The number of rotatable bonds is 4. The first-order valence-electron chi connectivity index (χ1n) is 7.96. The van der Waals surface area contributed by atoms with Crippen LogP contribution >= 0.6 is 11.6 Å². The number of hydrogen-bond donors (Lipinski definition) is 2. The summed E-state index contributed by atoms with van der Waals surface area (Å²) in [5.74, 6) is 0.187. The minimum absolute atomic E-state index is 0.362. The molecule has 26 heavy (non-hydrogen) atoms. The van der Waals surface area contributed by atoms with Crippen LogP contribution in [-0.4, -0.2) is 17.1 Å². The molecule has 0 radical (unpaired) electrons. The molecule has 128 valence electrons. The number of para-hydroxylation sites is 1. The Morgan fingerprint density at radius 1 is 1.08 bits per heavy atom. The summed E-state index contributed by atoms with van der Waals surface area (Å²) in [5, 5.41) is 5.38. The van der Waals surface area contributed by atoms with Crippen LogP contribution in [0.3, 0.4) is 0 Å². The van der Waals surface area contributed by atoms with Crippen molar-refractivity contribution in [1.29, 1.82) is 0 Å². The lowest BCUT2D eigenvalue weighted by atomic mass is 10.0. The summed E-state index contributed by atoms with van der Waals surface area (Å²) in [4.78, 5) is 15.9. The maximum Gasteiger partial charge on any atom is 0.288 e. The Morgan fingerprint density at radius 3 is 2.69 bits per heavy atom. The molecule has 0 bridgehead atoms. The average molecular weight is 364 g/mol. The molecule has 0 aliphatic carbocycles. The third-order valence-corrected chi connectivity index (χ3v) is 4.29. The summed E-state index contributed by atoms with van der Waals surface area (Å²) in [6.07, 6.45) is 2.98. The highest BCUT2D eigenvalue weighted by molar-refractivity contribution is 6.36. The van der Waals surface area contributed by atoms with Crippen molar-refractivity contribution in [3.05, 3.63) is 83.4 Å². The van der Waals surface area contributed by atoms with Crippen LogP contribution in [0.25, 0.3) is 22.0 Å². The lowest BCUT2D eigenvalue weighted by Gasteiger charge is -2.04. The molecule has 2 aromatic heterocycles. The number of amides is 1. The predicted octanol–water partition coefficient (Wildman–Crippen LogP) is 4.85. The molecule has 4 aromatic rings. The second kappa shape index (κ2) is 6.90. The Bertz CT molecular complexity index is 1080. The van der Waals surface area contributed by atoms with Crippen LogP contribution in [0.2, 0.25) is 5.02 Å². The van der Waals surface area contributed by atoms with Gasteiger partial charge in [-0.1, -0.05) is 54.1 Å². The lowest BCUT2D eigenvalue weighted by Crippen LogP contribution is -2.18. The fourth-order valence-electron chi connectivity index (χ4n) is 2.83. The number of nitrogens with zero attached hydrogens (tertiary/aromatic N) is 1. The summed E-state index contributed by atoms with van der Waals surface area (Å²) in [6, 6.07) is 18.8. The summed E-state index contributed by atoms with van der Waals surface area (Å²) < 4.78 is 5.15. The molecule has 0 aliphatic rings. The number of aromatic amines is 1. The Hall–Kier alpha value is -3.31. The summed E-state index contributed by atoms with van der Waals surface area (Å²) >= 11 is 6.30. The number of fused-ring (bicyclic) bond motifs is 1. The highest BCUT2D eigenvalue weighted by Crippen LogP contribution is 2.35. The van der Waals surface area contributed by atoms with Crippen molar-refractivity contribution in [2.24, 2.45) is 5.10 Å². The van der Waals surface area contributed by atoms with Crippen LogP contribution in [0.5, 0.6) is 0 Å². The Labute approximate surface area is 154 Å². The van der Waals surface area contributed by atoms with Gasteiger partial charge in [-0.25, -0.2) is 5.43 Å². The van der Waals surface area contributed by atoms with E-state index in [0.717, 1.165) is 16.5 Å². The van der Waals surface area contributed by atoms with E-state index < -0.39 is 0 Å². The Kier molecular flexibility index (Phi) is 4.29. The number of nitrogens with one attached hydrogen (secondary N) is 2. The number of hydrazone groups is 1. The summed E-state index contributed by atoms with van der Waals surface area (Å²) in [7, 11) is 0. The molecule has 6 heteroatoms. The van der Waals surface area contributed by atoms with E-state index in [2.05, 4.69) is 15.5 Å². The maximum absolute atomic E-state index is 12.7. The monoisotopic (exact) mass is 363 g/mol. The van der Waals surface area contributed by atoms with E-state index in [4.69, 9.17) is 16.0 Å². The predicted molar refractivity (Wildman–Crippen MR) is 103 cm³/mol. The van der Waals surface area contributed by atoms with E-state index in [1.165, 1.54) is 12.5 Å². The van der Waals surface area contributed by atoms with Crippen molar-refractivity contribution < 1.29 is 9.21 Å². The standard InChI is InChI=1S/C20H14ClN3O2/c21-16-10-4-9-15-17(13-6-2-1-3-7-13)19(23-18(15)16)20(25)24-22-12-14-8-5-11-26-14/h1-12,23H,(H,24,25)/b22-12-. The lowest BCUT2D eigenvalue weighted by molar-refractivity contribution is 0.0951. The van der Waals surface area contributed by atoms with Gasteiger partial charge in [0.1, 0.15) is 11.5 Å². The van der Waals surface area contributed by atoms with Crippen molar-refractivity contribution in [1.82, 2.24) is 10.4 Å². The van der Waals surface area contributed by atoms with Crippen molar-refractivity contribution in [2.75, 3.05) is 0 Å². The van der Waals surface area contributed by atoms with Gasteiger partial charge < -0.3 is 9.40 Å². The number of hydrogen-bond acceptors (Lipinski definition) is 3. The molecule has 2 aromatic carbocycles. The number of carbonyl (C=O) groups is 1. The average Bonchev–Trinajstić information content (AvgIpc) is 3.30. The number of aromatic nitrogens is 1. The van der Waals surface area contributed by atoms with Crippen LogP contribution in [0.15, 0.2) is 76.4 Å². The number of benzene rings is 2. The molecule has 5 nitrogen and oxygen atoms in total. The van der Waals surface area contributed by atoms with E-state index in [1.54, 1.807) is 18.2 Å². The Balaban J connectivity index is 1.76. The molecule has 1 amide bonds. The van der Waals surface area contributed by atoms with Crippen LogP contribution in [0.4, 0.5) is 0 Å². The molecule has 0 saturated heterocycles. The van der Waals surface area contributed by atoms with E-state index in [1.807, 2.05) is 42.5 Å². The van der Waals surface area contributed by atoms with Gasteiger partial charge in [-0.3, -0.25) is 4.79 Å². The van der Waals surface area contributed by atoms with Gasteiger partial charge >= 0.3 is 0 Å².